The molecule has 19 heavy (non-hydrogen) atoms. The lowest BCUT2D eigenvalue weighted by atomic mass is 10.0. The van der Waals surface area contributed by atoms with Crippen molar-refractivity contribution in [1.29, 1.82) is 0 Å². The Balaban J connectivity index is 2.26. The van der Waals surface area contributed by atoms with Crippen molar-refractivity contribution in [1.82, 2.24) is 4.98 Å². The molecule has 1 aromatic heterocycles. The van der Waals surface area contributed by atoms with Crippen LogP contribution in [0.5, 0.6) is 0 Å². The van der Waals surface area contributed by atoms with Gasteiger partial charge in [0.1, 0.15) is 5.82 Å². The van der Waals surface area contributed by atoms with E-state index in [0.29, 0.717) is 29.9 Å². The Morgan fingerprint density at radius 3 is 2.95 bits per heavy atom. The molecule has 1 heterocycles. The molecule has 0 saturated heterocycles. The minimum Gasteiger partial charge on any atom is -0.356 e. The number of nitrogens with two attached hydrogens (primary N) is 1. The van der Waals surface area contributed by atoms with E-state index in [4.69, 9.17) is 5.73 Å². The zero-order valence-corrected chi connectivity index (χ0v) is 11.4. The van der Waals surface area contributed by atoms with Gasteiger partial charge in [-0.15, -0.1) is 0 Å². The molecule has 6 nitrogen and oxygen atoms in total. The van der Waals surface area contributed by atoms with Crippen molar-refractivity contribution in [3.8, 4) is 0 Å². The summed E-state index contributed by atoms with van der Waals surface area (Å²) in [4.78, 5) is 17.0. The third-order valence-corrected chi connectivity index (χ3v) is 4.04. The Morgan fingerprint density at radius 2 is 2.32 bits per heavy atom. The Kier molecular flexibility index (Phi) is 3.99. The topological polar surface area (TPSA) is 85.3 Å². The molecular weight excluding hydrogens is 244 g/mol. The summed E-state index contributed by atoms with van der Waals surface area (Å²) in [6.07, 6.45) is 4.92. The van der Waals surface area contributed by atoms with Crippen LogP contribution in [0.25, 0.3) is 0 Å². The maximum absolute atomic E-state index is 11.0. The van der Waals surface area contributed by atoms with Crippen molar-refractivity contribution in [2.75, 3.05) is 18.5 Å². The molecule has 2 atom stereocenters. The highest BCUT2D eigenvalue weighted by Gasteiger charge is 2.30. The number of hydrogen-bond donors (Lipinski definition) is 1. The van der Waals surface area contributed by atoms with Gasteiger partial charge in [-0.2, -0.15) is 0 Å². The second kappa shape index (κ2) is 5.52. The van der Waals surface area contributed by atoms with Crippen LogP contribution in [0.2, 0.25) is 0 Å². The molecule has 0 aliphatic heterocycles. The van der Waals surface area contributed by atoms with Crippen molar-refractivity contribution in [2.45, 2.75) is 32.2 Å². The first-order valence-electron chi connectivity index (χ1n) is 6.58. The number of aromatic nitrogens is 1. The highest BCUT2D eigenvalue weighted by atomic mass is 16.6. The van der Waals surface area contributed by atoms with Gasteiger partial charge in [-0.25, -0.2) is 4.98 Å². The molecule has 1 aromatic rings. The van der Waals surface area contributed by atoms with Crippen LogP contribution in [0.3, 0.4) is 0 Å². The molecule has 0 spiro atoms. The van der Waals surface area contributed by atoms with Crippen LogP contribution >= 0.6 is 0 Å². The summed E-state index contributed by atoms with van der Waals surface area (Å²) in [5.41, 5.74) is 6.50. The number of rotatable bonds is 4. The summed E-state index contributed by atoms with van der Waals surface area (Å²) in [5.74, 6) is 1.11. The largest absolute Gasteiger partial charge is 0.356 e. The van der Waals surface area contributed by atoms with E-state index < -0.39 is 0 Å². The van der Waals surface area contributed by atoms with Gasteiger partial charge in [-0.05, 0) is 32.2 Å². The molecule has 1 saturated carbocycles. The van der Waals surface area contributed by atoms with Gasteiger partial charge in [0.15, 0.2) is 0 Å². The summed E-state index contributed by atoms with van der Waals surface area (Å²) in [6, 6.07) is 1.89. The van der Waals surface area contributed by atoms with E-state index in [0.717, 1.165) is 19.3 Å². The third-order valence-electron chi connectivity index (χ3n) is 4.04. The van der Waals surface area contributed by atoms with Gasteiger partial charge in [0.25, 0.3) is 5.69 Å². The molecule has 1 fully saturated rings. The van der Waals surface area contributed by atoms with Crippen LogP contribution in [0.1, 0.15) is 24.8 Å². The van der Waals surface area contributed by atoms with Crippen LogP contribution in [0.4, 0.5) is 11.5 Å². The Morgan fingerprint density at radius 1 is 1.58 bits per heavy atom. The van der Waals surface area contributed by atoms with Gasteiger partial charge in [0, 0.05) is 24.8 Å². The van der Waals surface area contributed by atoms with Gasteiger partial charge in [0.2, 0.25) is 0 Å². The number of pyridine rings is 1. The summed E-state index contributed by atoms with van der Waals surface area (Å²) in [5, 5.41) is 11.0. The van der Waals surface area contributed by atoms with Crippen molar-refractivity contribution in [2.24, 2.45) is 11.7 Å². The molecule has 1 aliphatic rings. The summed E-state index contributed by atoms with van der Waals surface area (Å²) in [7, 11) is 1.94. The average molecular weight is 264 g/mol. The molecule has 104 valence electrons. The lowest BCUT2D eigenvalue weighted by Crippen LogP contribution is -2.38. The number of hydrogen-bond acceptors (Lipinski definition) is 5. The van der Waals surface area contributed by atoms with Crippen LogP contribution in [-0.2, 0) is 0 Å². The molecule has 6 heteroatoms. The quantitative estimate of drug-likeness (QED) is 0.662. The van der Waals surface area contributed by atoms with E-state index in [1.54, 1.807) is 19.2 Å². The second-order valence-electron chi connectivity index (χ2n) is 5.19. The zero-order valence-electron chi connectivity index (χ0n) is 11.4. The number of anilines is 1. The monoisotopic (exact) mass is 264 g/mol. The van der Waals surface area contributed by atoms with Gasteiger partial charge < -0.3 is 10.6 Å². The summed E-state index contributed by atoms with van der Waals surface area (Å²) >= 11 is 0. The normalized spacial score (nSPS) is 22.5. The van der Waals surface area contributed by atoms with E-state index in [2.05, 4.69) is 4.98 Å². The lowest BCUT2D eigenvalue weighted by Gasteiger charge is -2.30. The van der Waals surface area contributed by atoms with Gasteiger partial charge in [0.05, 0.1) is 11.0 Å². The molecular formula is C13H20N4O2. The Labute approximate surface area is 112 Å². The summed E-state index contributed by atoms with van der Waals surface area (Å²) < 4.78 is 0. The molecule has 1 aliphatic carbocycles. The van der Waals surface area contributed by atoms with Crippen LogP contribution in [0, 0.1) is 23.0 Å². The van der Waals surface area contributed by atoms with Crippen molar-refractivity contribution >= 4 is 11.5 Å². The molecule has 2 unspecified atom stereocenters. The van der Waals surface area contributed by atoms with Gasteiger partial charge in [-0.3, -0.25) is 10.1 Å². The van der Waals surface area contributed by atoms with Gasteiger partial charge in [-0.1, -0.05) is 6.42 Å². The maximum atomic E-state index is 11.0. The van der Waals surface area contributed by atoms with Crippen molar-refractivity contribution in [3.63, 3.8) is 0 Å². The number of aryl methyl sites for hydroxylation is 1. The van der Waals surface area contributed by atoms with Gasteiger partial charge >= 0.3 is 0 Å². The molecule has 0 amide bonds. The number of nitrogens with zero attached hydrogens (tertiary/aromatic N) is 3. The highest BCUT2D eigenvalue weighted by molar-refractivity contribution is 5.51. The fourth-order valence-corrected chi connectivity index (χ4v) is 2.86. The van der Waals surface area contributed by atoms with E-state index in [1.807, 2.05) is 11.9 Å². The predicted octanol–water partition coefficient (Wildman–Crippen LogP) is 1.86. The summed E-state index contributed by atoms with van der Waals surface area (Å²) in [6.45, 7) is 2.36. The SMILES string of the molecule is Cc1cnc(N(C)C2CCCC2CN)cc1[N+](=O)[O-]. The molecule has 0 bridgehead atoms. The van der Waals surface area contributed by atoms with Crippen LogP contribution in [-0.4, -0.2) is 29.5 Å². The molecule has 2 rings (SSSR count). The predicted molar refractivity (Wildman–Crippen MR) is 74.2 cm³/mol. The van der Waals surface area contributed by atoms with Crippen LogP contribution in [0.15, 0.2) is 12.3 Å². The highest BCUT2D eigenvalue weighted by Crippen LogP contribution is 2.32. The first-order chi connectivity index (χ1) is 9.04. The van der Waals surface area contributed by atoms with E-state index in [1.165, 1.54) is 0 Å². The van der Waals surface area contributed by atoms with Crippen LogP contribution < -0.4 is 10.6 Å². The molecule has 2 N–H and O–H groups in total. The fraction of sp³-hybridized carbons (Fsp3) is 0.615. The smallest absolute Gasteiger partial charge is 0.277 e. The van der Waals surface area contributed by atoms with Crippen molar-refractivity contribution in [3.05, 3.63) is 27.9 Å². The average Bonchev–Trinajstić information content (AvgIpc) is 2.86. The minimum atomic E-state index is -0.358. The van der Waals surface area contributed by atoms with Crippen molar-refractivity contribution < 1.29 is 4.92 Å². The fourth-order valence-electron chi connectivity index (χ4n) is 2.86. The van der Waals surface area contributed by atoms with E-state index >= 15 is 0 Å². The standard InChI is InChI=1S/C13H20N4O2/c1-9-8-15-13(6-12(9)17(18)19)16(2)11-5-3-4-10(11)7-14/h6,8,10-11H,3-5,7,14H2,1-2H3. The third kappa shape index (κ3) is 2.68. The first-order valence-corrected chi connectivity index (χ1v) is 6.58. The number of nitro groups is 1. The maximum Gasteiger partial charge on any atom is 0.277 e. The molecule has 0 radical (unpaired) electrons. The lowest BCUT2D eigenvalue weighted by molar-refractivity contribution is -0.385. The van der Waals surface area contributed by atoms with E-state index in [-0.39, 0.29) is 10.6 Å². The Hall–Kier alpha value is -1.69. The molecule has 0 aromatic carbocycles. The minimum absolute atomic E-state index is 0.124. The Bertz CT molecular complexity index is 478. The zero-order chi connectivity index (χ0) is 14.0. The second-order valence-corrected chi connectivity index (χ2v) is 5.19. The van der Waals surface area contributed by atoms with E-state index in [9.17, 15) is 10.1 Å². The first kappa shape index (κ1) is 13.7.